The summed E-state index contributed by atoms with van der Waals surface area (Å²) in [6.07, 6.45) is -2.60. The number of fused-ring (bicyclic) bond motifs is 1. The third-order valence-electron chi connectivity index (χ3n) is 5.52. The van der Waals surface area contributed by atoms with Gasteiger partial charge in [-0.25, -0.2) is 9.48 Å². The lowest BCUT2D eigenvalue weighted by Gasteiger charge is -2.42. The second-order valence-corrected chi connectivity index (χ2v) is 7.60. The second kappa shape index (κ2) is 6.79. The molecule has 1 aromatic heterocycles. The topological polar surface area (TPSA) is 60.1 Å². The average molecular weight is 394 g/mol. The van der Waals surface area contributed by atoms with Crippen LogP contribution in [0.3, 0.4) is 0 Å². The van der Waals surface area contributed by atoms with Crippen molar-refractivity contribution in [3.05, 3.63) is 51.7 Å². The van der Waals surface area contributed by atoms with Gasteiger partial charge in [-0.15, -0.1) is 0 Å². The van der Waals surface area contributed by atoms with Crippen LogP contribution in [0.15, 0.2) is 29.1 Å². The summed E-state index contributed by atoms with van der Waals surface area (Å²) in [6, 6.07) is 6.96. The number of rotatable bonds is 3. The van der Waals surface area contributed by atoms with E-state index in [1.807, 2.05) is 31.2 Å². The summed E-state index contributed by atoms with van der Waals surface area (Å²) in [5, 5.41) is 4.37. The smallest absolute Gasteiger partial charge is 0.340 e. The number of hydrogen-bond donors (Lipinski definition) is 0. The lowest BCUT2D eigenvalue weighted by Crippen LogP contribution is -2.57. The van der Waals surface area contributed by atoms with Gasteiger partial charge in [-0.3, -0.25) is 9.36 Å². The van der Waals surface area contributed by atoms with E-state index in [0.717, 1.165) is 11.1 Å². The summed E-state index contributed by atoms with van der Waals surface area (Å²) in [7, 11) is 0. The molecule has 1 aromatic carbocycles. The fraction of sp³-hybridized carbons (Fsp3) is 0.526. The molecule has 150 valence electrons. The van der Waals surface area contributed by atoms with Crippen molar-refractivity contribution >= 4 is 5.91 Å². The van der Waals surface area contributed by atoms with Crippen molar-refractivity contribution in [2.45, 2.75) is 44.9 Å². The van der Waals surface area contributed by atoms with E-state index in [0.29, 0.717) is 31.6 Å². The molecule has 9 heteroatoms. The number of likely N-dealkylation sites (tertiary alicyclic amines) is 1. The zero-order valence-corrected chi connectivity index (χ0v) is 15.4. The van der Waals surface area contributed by atoms with Crippen molar-refractivity contribution in [3.8, 4) is 0 Å². The maximum absolute atomic E-state index is 12.9. The van der Waals surface area contributed by atoms with Gasteiger partial charge in [0, 0.05) is 19.5 Å². The van der Waals surface area contributed by atoms with Gasteiger partial charge in [0.05, 0.1) is 12.5 Å². The average Bonchev–Trinajstić information content (AvgIpc) is 2.90. The highest BCUT2D eigenvalue weighted by Crippen LogP contribution is 2.35. The van der Waals surface area contributed by atoms with E-state index in [9.17, 15) is 22.8 Å². The minimum atomic E-state index is -4.29. The van der Waals surface area contributed by atoms with Crippen molar-refractivity contribution in [2.24, 2.45) is 5.92 Å². The first-order valence-corrected chi connectivity index (χ1v) is 9.33. The third kappa shape index (κ3) is 3.33. The molecule has 2 aliphatic rings. The normalized spacial score (nSPS) is 20.0. The highest BCUT2D eigenvalue weighted by Gasteiger charge is 2.50. The van der Waals surface area contributed by atoms with Crippen LogP contribution in [-0.4, -0.2) is 44.4 Å². The number of carbonyl (C=O) groups excluding carboxylic acids is 1. The largest absolute Gasteiger partial charge is 0.395 e. The molecule has 1 fully saturated rings. The molecule has 0 aliphatic carbocycles. The molecule has 2 aromatic rings. The van der Waals surface area contributed by atoms with E-state index in [2.05, 4.69) is 5.10 Å². The molecule has 1 amide bonds. The Morgan fingerprint density at radius 3 is 2.54 bits per heavy atom. The Morgan fingerprint density at radius 1 is 1.21 bits per heavy atom. The van der Waals surface area contributed by atoms with E-state index in [1.54, 1.807) is 0 Å². The lowest BCUT2D eigenvalue weighted by atomic mass is 9.96. The number of aryl methyl sites for hydroxylation is 2. The Hall–Kier alpha value is -2.58. The van der Waals surface area contributed by atoms with Crippen LogP contribution in [0.1, 0.15) is 35.8 Å². The first-order valence-electron chi connectivity index (χ1n) is 9.33. The Balaban J connectivity index is 1.54. The number of aromatic nitrogens is 3. The van der Waals surface area contributed by atoms with E-state index in [1.165, 1.54) is 14.1 Å². The van der Waals surface area contributed by atoms with E-state index in [4.69, 9.17) is 0 Å². The van der Waals surface area contributed by atoms with Gasteiger partial charge >= 0.3 is 11.9 Å². The van der Waals surface area contributed by atoms with Crippen molar-refractivity contribution in [1.82, 2.24) is 19.2 Å². The molecular formula is C19H21F3N4O2. The van der Waals surface area contributed by atoms with Crippen LogP contribution < -0.4 is 5.69 Å². The summed E-state index contributed by atoms with van der Waals surface area (Å²) >= 11 is 0. The van der Waals surface area contributed by atoms with Crippen LogP contribution in [-0.2, 0) is 17.8 Å². The molecule has 0 bridgehead atoms. The van der Waals surface area contributed by atoms with Crippen LogP contribution in [0.4, 0.5) is 13.2 Å². The molecule has 0 radical (unpaired) electrons. The van der Waals surface area contributed by atoms with Gasteiger partial charge in [-0.2, -0.15) is 18.3 Å². The molecule has 4 rings (SSSR count). The molecule has 0 unspecified atom stereocenters. The number of carbonyl (C=O) groups is 1. The predicted molar refractivity (Wildman–Crippen MR) is 94.9 cm³/mol. The molecule has 0 spiro atoms. The van der Waals surface area contributed by atoms with E-state index in [-0.39, 0.29) is 18.8 Å². The van der Waals surface area contributed by atoms with Gasteiger partial charge in [0.1, 0.15) is 11.9 Å². The summed E-state index contributed by atoms with van der Waals surface area (Å²) < 4.78 is 40.8. The summed E-state index contributed by atoms with van der Waals surface area (Å²) in [5.41, 5.74) is 1.64. The number of benzene rings is 1. The quantitative estimate of drug-likeness (QED) is 0.803. The predicted octanol–water partition coefficient (Wildman–Crippen LogP) is 2.30. The fourth-order valence-corrected chi connectivity index (χ4v) is 3.81. The summed E-state index contributed by atoms with van der Waals surface area (Å²) in [6.45, 7) is 1.60. The molecular weight excluding hydrogens is 373 g/mol. The Morgan fingerprint density at radius 2 is 1.89 bits per heavy atom. The Bertz CT molecular complexity index is 940. The molecule has 0 saturated carbocycles. The number of nitrogens with zero attached hydrogens (tertiary/aromatic N) is 4. The fourth-order valence-electron chi connectivity index (χ4n) is 3.81. The SMILES string of the molecule is Cc1ccc(Cn2nc3n(c2=O)[C@@H](C(=O)N2CC(C(F)(F)F)C2)CCC3)cc1. The van der Waals surface area contributed by atoms with E-state index >= 15 is 0 Å². The number of hydrogen-bond acceptors (Lipinski definition) is 3. The minimum absolute atomic E-state index is 0.292. The zero-order valence-electron chi connectivity index (χ0n) is 15.4. The maximum atomic E-state index is 12.9. The van der Waals surface area contributed by atoms with Gasteiger partial charge in [0.15, 0.2) is 0 Å². The van der Waals surface area contributed by atoms with Crippen molar-refractivity contribution in [2.75, 3.05) is 13.1 Å². The van der Waals surface area contributed by atoms with Crippen molar-refractivity contribution < 1.29 is 18.0 Å². The first kappa shape index (κ1) is 18.8. The van der Waals surface area contributed by atoms with E-state index < -0.39 is 24.0 Å². The number of halogens is 3. The van der Waals surface area contributed by atoms with Crippen molar-refractivity contribution in [1.29, 1.82) is 0 Å². The van der Waals surface area contributed by atoms with Gasteiger partial charge < -0.3 is 4.90 Å². The van der Waals surface area contributed by atoms with Crippen LogP contribution in [0.2, 0.25) is 0 Å². The molecule has 6 nitrogen and oxygen atoms in total. The van der Waals surface area contributed by atoms with Gasteiger partial charge in [0.25, 0.3) is 0 Å². The highest BCUT2D eigenvalue weighted by molar-refractivity contribution is 5.81. The van der Waals surface area contributed by atoms with Crippen molar-refractivity contribution in [3.63, 3.8) is 0 Å². The first-order chi connectivity index (χ1) is 13.2. The summed E-state index contributed by atoms with van der Waals surface area (Å²) in [4.78, 5) is 26.8. The van der Waals surface area contributed by atoms with Crippen LogP contribution in [0.25, 0.3) is 0 Å². The molecule has 0 N–H and O–H groups in total. The molecule has 3 heterocycles. The maximum Gasteiger partial charge on any atom is 0.395 e. The van der Waals surface area contributed by atoms with Gasteiger partial charge in [-0.05, 0) is 25.3 Å². The molecule has 1 saturated heterocycles. The summed E-state index contributed by atoms with van der Waals surface area (Å²) in [5.74, 6) is -1.37. The third-order valence-corrected chi connectivity index (χ3v) is 5.52. The van der Waals surface area contributed by atoms with Crippen LogP contribution >= 0.6 is 0 Å². The monoisotopic (exact) mass is 394 g/mol. The highest BCUT2D eigenvalue weighted by atomic mass is 19.4. The Labute approximate surface area is 159 Å². The molecule has 1 atom stereocenters. The zero-order chi connectivity index (χ0) is 20.1. The lowest BCUT2D eigenvalue weighted by molar-refractivity contribution is -0.210. The Kier molecular flexibility index (Phi) is 4.55. The number of amides is 1. The van der Waals surface area contributed by atoms with Crippen LogP contribution in [0.5, 0.6) is 0 Å². The van der Waals surface area contributed by atoms with Gasteiger partial charge in [-0.1, -0.05) is 29.8 Å². The molecule has 28 heavy (non-hydrogen) atoms. The molecule has 2 aliphatic heterocycles. The number of alkyl halides is 3. The minimum Gasteiger partial charge on any atom is -0.340 e. The second-order valence-electron chi connectivity index (χ2n) is 7.60. The van der Waals surface area contributed by atoms with Crippen LogP contribution in [0, 0.1) is 12.8 Å². The van der Waals surface area contributed by atoms with Gasteiger partial charge in [0.2, 0.25) is 5.91 Å². The standard InChI is InChI=1S/C19H21F3N4O2/c1-12-5-7-13(8-6-12)9-25-18(28)26-15(3-2-4-16(26)23-25)17(27)24-10-14(11-24)19(20,21)22/h5-8,14-15H,2-4,9-11H2,1H3/t15-/m1/s1.